The summed E-state index contributed by atoms with van der Waals surface area (Å²) < 4.78 is 0. The average Bonchev–Trinajstić information content (AvgIpc) is 3.17. The predicted molar refractivity (Wildman–Crippen MR) is 103 cm³/mol. The normalized spacial score (nSPS) is 30.8. The minimum Gasteiger partial charge on any atom is -0.367 e. The molecule has 2 bridgehead atoms. The fourth-order valence-electron chi connectivity index (χ4n) is 5.62. The number of nitrogens with zero attached hydrogens (tertiary/aromatic N) is 2. The third-order valence-electron chi connectivity index (χ3n) is 7.27. The first-order chi connectivity index (χ1) is 12.0. The molecule has 1 aromatic rings. The topological polar surface area (TPSA) is 23.6 Å². The molecule has 3 aliphatic rings. The summed E-state index contributed by atoms with van der Waals surface area (Å²) in [5.41, 5.74) is 1.43. The summed E-state index contributed by atoms with van der Waals surface area (Å²) in [6, 6.07) is 7.99. The number of hydrogen-bond donors (Lipinski definition) is 0. The van der Waals surface area contributed by atoms with Crippen molar-refractivity contribution in [3.05, 3.63) is 29.3 Å². The highest BCUT2D eigenvalue weighted by Crippen LogP contribution is 2.60. The summed E-state index contributed by atoms with van der Waals surface area (Å²) in [6.07, 6.45) is 4.82. The number of carbonyl (C=O) groups excluding carboxylic acids is 1. The van der Waals surface area contributed by atoms with Gasteiger partial charge < -0.3 is 9.80 Å². The number of amides is 1. The molecule has 4 heteroatoms. The molecule has 1 amide bonds. The average molecular weight is 361 g/mol. The fourth-order valence-corrected chi connectivity index (χ4v) is 5.87. The Labute approximate surface area is 156 Å². The van der Waals surface area contributed by atoms with Gasteiger partial charge in [-0.2, -0.15) is 0 Å². The first-order valence-electron chi connectivity index (χ1n) is 9.74. The second kappa shape index (κ2) is 6.50. The maximum absolute atomic E-state index is 12.9. The SMILES string of the molecule is CC1(C)C2CCC(C2)C1CC(=O)N1CCN(c2ccccc2Cl)CC1. The van der Waals surface area contributed by atoms with Crippen LogP contribution >= 0.6 is 11.6 Å². The molecule has 3 fully saturated rings. The molecule has 3 atom stereocenters. The van der Waals surface area contributed by atoms with E-state index in [0.717, 1.165) is 55.1 Å². The van der Waals surface area contributed by atoms with Crippen LogP contribution in [0.4, 0.5) is 5.69 Å². The third kappa shape index (κ3) is 3.05. The van der Waals surface area contributed by atoms with E-state index in [-0.39, 0.29) is 0 Å². The molecular weight excluding hydrogens is 332 g/mol. The van der Waals surface area contributed by atoms with Crippen molar-refractivity contribution >= 4 is 23.2 Å². The molecule has 0 spiro atoms. The minimum atomic E-state index is 0.345. The van der Waals surface area contributed by atoms with E-state index in [4.69, 9.17) is 11.6 Å². The highest BCUT2D eigenvalue weighted by Gasteiger charge is 2.53. The van der Waals surface area contributed by atoms with Gasteiger partial charge in [0.25, 0.3) is 0 Å². The molecule has 3 nitrogen and oxygen atoms in total. The summed E-state index contributed by atoms with van der Waals surface area (Å²) in [5, 5.41) is 0.797. The lowest BCUT2D eigenvalue weighted by Crippen LogP contribution is -2.49. The summed E-state index contributed by atoms with van der Waals surface area (Å²) in [6.45, 7) is 8.15. The van der Waals surface area contributed by atoms with Crippen molar-refractivity contribution in [3.63, 3.8) is 0 Å². The number of carbonyl (C=O) groups is 1. The van der Waals surface area contributed by atoms with Crippen LogP contribution in [-0.4, -0.2) is 37.0 Å². The maximum atomic E-state index is 12.9. The van der Waals surface area contributed by atoms with Gasteiger partial charge in [-0.25, -0.2) is 0 Å². The van der Waals surface area contributed by atoms with Crippen LogP contribution in [0.5, 0.6) is 0 Å². The summed E-state index contributed by atoms with van der Waals surface area (Å²) >= 11 is 6.32. The maximum Gasteiger partial charge on any atom is 0.222 e. The Kier molecular flexibility index (Phi) is 4.47. The van der Waals surface area contributed by atoms with E-state index in [1.165, 1.54) is 19.3 Å². The Hall–Kier alpha value is -1.22. The number of para-hydroxylation sites is 1. The van der Waals surface area contributed by atoms with Gasteiger partial charge in [-0.3, -0.25) is 4.79 Å². The monoisotopic (exact) mass is 360 g/mol. The van der Waals surface area contributed by atoms with Gasteiger partial charge >= 0.3 is 0 Å². The van der Waals surface area contributed by atoms with Crippen LogP contribution in [0.3, 0.4) is 0 Å². The van der Waals surface area contributed by atoms with Gasteiger partial charge in [0.1, 0.15) is 0 Å². The summed E-state index contributed by atoms with van der Waals surface area (Å²) in [4.78, 5) is 17.3. The number of anilines is 1. The van der Waals surface area contributed by atoms with Crippen LogP contribution in [0.15, 0.2) is 24.3 Å². The summed E-state index contributed by atoms with van der Waals surface area (Å²) in [7, 11) is 0. The lowest BCUT2D eigenvalue weighted by Gasteiger charge is -2.40. The van der Waals surface area contributed by atoms with Gasteiger partial charge in [0.15, 0.2) is 0 Å². The van der Waals surface area contributed by atoms with Crippen LogP contribution in [0, 0.1) is 23.2 Å². The lowest BCUT2D eigenvalue weighted by atomic mass is 9.67. The molecule has 0 radical (unpaired) electrons. The van der Waals surface area contributed by atoms with Gasteiger partial charge in [-0.05, 0) is 54.6 Å². The molecule has 2 aliphatic carbocycles. The Morgan fingerprint density at radius 1 is 1.16 bits per heavy atom. The second-order valence-electron chi connectivity index (χ2n) is 8.72. The van der Waals surface area contributed by atoms with Crippen LogP contribution in [0.25, 0.3) is 0 Å². The van der Waals surface area contributed by atoms with Crippen LogP contribution in [0.2, 0.25) is 5.02 Å². The van der Waals surface area contributed by atoms with Gasteiger partial charge in [-0.15, -0.1) is 0 Å². The van der Waals surface area contributed by atoms with Gasteiger partial charge in [0.05, 0.1) is 10.7 Å². The number of benzene rings is 1. The smallest absolute Gasteiger partial charge is 0.222 e. The number of hydrogen-bond acceptors (Lipinski definition) is 2. The molecule has 1 saturated heterocycles. The number of fused-ring (bicyclic) bond motifs is 2. The first-order valence-corrected chi connectivity index (χ1v) is 10.1. The Bertz CT molecular complexity index is 651. The molecule has 0 aromatic heterocycles. The molecule has 3 unspecified atom stereocenters. The molecular formula is C21H29ClN2O. The Morgan fingerprint density at radius 3 is 2.52 bits per heavy atom. The van der Waals surface area contributed by atoms with Gasteiger partial charge in [-0.1, -0.05) is 37.6 Å². The first kappa shape index (κ1) is 17.2. The van der Waals surface area contributed by atoms with E-state index >= 15 is 0 Å². The minimum absolute atomic E-state index is 0.345. The standard InChI is InChI=1S/C21H29ClN2O/c1-21(2)16-8-7-15(13-16)17(21)14-20(25)24-11-9-23(10-12-24)19-6-4-3-5-18(19)22/h3-6,15-17H,7-14H2,1-2H3. The molecule has 1 heterocycles. The van der Waals surface area contributed by atoms with Crippen molar-refractivity contribution in [1.82, 2.24) is 4.90 Å². The van der Waals surface area contributed by atoms with Gasteiger partial charge in [0, 0.05) is 32.6 Å². The molecule has 25 heavy (non-hydrogen) atoms. The number of piperazine rings is 1. The fraction of sp³-hybridized carbons (Fsp3) is 0.667. The van der Waals surface area contributed by atoms with Crippen LogP contribution in [0.1, 0.15) is 39.5 Å². The molecule has 0 N–H and O–H groups in total. The van der Waals surface area contributed by atoms with E-state index in [0.29, 0.717) is 17.2 Å². The highest BCUT2D eigenvalue weighted by atomic mass is 35.5. The molecule has 1 aromatic carbocycles. The zero-order valence-corrected chi connectivity index (χ0v) is 16.1. The van der Waals surface area contributed by atoms with E-state index in [1.807, 2.05) is 18.2 Å². The molecule has 2 saturated carbocycles. The predicted octanol–water partition coefficient (Wildman–Crippen LogP) is 4.45. The van der Waals surface area contributed by atoms with Crippen LogP contribution < -0.4 is 4.90 Å². The molecule has 1 aliphatic heterocycles. The Balaban J connectivity index is 1.35. The second-order valence-corrected chi connectivity index (χ2v) is 9.13. The van der Waals surface area contributed by atoms with E-state index < -0.39 is 0 Å². The van der Waals surface area contributed by atoms with Gasteiger partial charge in [0.2, 0.25) is 5.91 Å². The quantitative estimate of drug-likeness (QED) is 0.795. The highest BCUT2D eigenvalue weighted by molar-refractivity contribution is 6.33. The van der Waals surface area contributed by atoms with Crippen molar-refractivity contribution in [1.29, 1.82) is 0 Å². The van der Waals surface area contributed by atoms with Crippen LogP contribution in [-0.2, 0) is 4.79 Å². The van der Waals surface area contributed by atoms with E-state index in [2.05, 4.69) is 29.7 Å². The number of halogens is 1. The molecule has 4 rings (SSSR count). The van der Waals surface area contributed by atoms with E-state index in [1.54, 1.807) is 0 Å². The third-order valence-corrected chi connectivity index (χ3v) is 7.59. The lowest BCUT2D eigenvalue weighted by molar-refractivity contribution is -0.134. The largest absolute Gasteiger partial charge is 0.367 e. The van der Waals surface area contributed by atoms with Crippen molar-refractivity contribution in [2.75, 3.05) is 31.1 Å². The number of rotatable bonds is 3. The van der Waals surface area contributed by atoms with Crippen molar-refractivity contribution < 1.29 is 4.79 Å². The Morgan fingerprint density at radius 2 is 1.88 bits per heavy atom. The zero-order valence-electron chi connectivity index (χ0n) is 15.4. The summed E-state index contributed by atoms with van der Waals surface area (Å²) in [5.74, 6) is 2.57. The van der Waals surface area contributed by atoms with Crippen molar-refractivity contribution in [2.24, 2.45) is 23.2 Å². The molecule has 136 valence electrons. The van der Waals surface area contributed by atoms with E-state index in [9.17, 15) is 4.79 Å². The van der Waals surface area contributed by atoms with Crippen molar-refractivity contribution in [2.45, 2.75) is 39.5 Å². The van der Waals surface area contributed by atoms with Crippen molar-refractivity contribution in [3.8, 4) is 0 Å². The zero-order chi connectivity index (χ0) is 17.6.